The van der Waals surface area contributed by atoms with Crippen molar-refractivity contribution in [2.24, 2.45) is 0 Å². The third-order valence-corrected chi connectivity index (χ3v) is 2.90. The van der Waals surface area contributed by atoms with Gasteiger partial charge in [-0.3, -0.25) is 0 Å². The van der Waals surface area contributed by atoms with Gasteiger partial charge in [0.15, 0.2) is 0 Å². The number of aryl methyl sites for hydroxylation is 1. The van der Waals surface area contributed by atoms with Crippen molar-refractivity contribution in [1.82, 2.24) is 10.3 Å². The second kappa shape index (κ2) is 4.21. The minimum absolute atomic E-state index is 0.494. The van der Waals surface area contributed by atoms with Crippen molar-refractivity contribution in [2.75, 3.05) is 0 Å². The van der Waals surface area contributed by atoms with Gasteiger partial charge in [-0.25, -0.2) is 4.98 Å². The van der Waals surface area contributed by atoms with Crippen molar-refractivity contribution in [3.05, 3.63) is 15.0 Å². The van der Waals surface area contributed by atoms with Gasteiger partial charge in [0, 0.05) is 12.6 Å². The summed E-state index contributed by atoms with van der Waals surface area (Å²) in [6, 6.07) is 0.494. The molecule has 0 bridgehead atoms. The molecular weight excluding hydrogens is 192 g/mol. The topological polar surface area (TPSA) is 24.9 Å². The summed E-state index contributed by atoms with van der Waals surface area (Å²) in [5.41, 5.74) is 0.933. The zero-order valence-electron chi connectivity index (χ0n) is 7.52. The number of nitrogens with zero attached hydrogens (tertiary/aromatic N) is 1. The fourth-order valence-corrected chi connectivity index (χ4v) is 1.85. The molecular formula is C8H13ClN2S. The average molecular weight is 205 g/mol. The molecule has 0 amide bonds. The van der Waals surface area contributed by atoms with E-state index in [-0.39, 0.29) is 0 Å². The van der Waals surface area contributed by atoms with Gasteiger partial charge in [0.05, 0.1) is 5.69 Å². The van der Waals surface area contributed by atoms with Crippen LogP contribution in [0.2, 0.25) is 4.34 Å². The number of nitrogens with one attached hydrogen (secondary N) is 1. The summed E-state index contributed by atoms with van der Waals surface area (Å²) in [5.74, 6) is 0. The monoisotopic (exact) mass is 204 g/mol. The van der Waals surface area contributed by atoms with Crippen molar-refractivity contribution < 1.29 is 0 Å². The third-order valence-electron chi connectivity index (χ3n) is 1.45. The summed E-state index contributed by atoms with van der Waals surface area (Å²) in [5, 5.41) is 4.35. The van der Waals surface area contributed by atoms with Crippen LogP contribution in [-0.2, 0) is 6.54 Å². The molecule has 0 saturated heterocycles. The van der Waals surface area contributed by atoms with Crippen molar-refractivity contribution in [3.63, 3.8) is 0 Å². The molecule has 0 aliphatic heterocycles. The minimum Gasteiger partial charge on any atom is -0.308 e. The van der Waals surface area contributed by atoms with Crippen LogP contribution < -0.4 is 5.32 Å². The zero-order valence-corrected chi connectivity index (χ0v) is 9.09. The highest BCUT2D eigenvalue weighted by Crippen LogP contribution is 2.23. The van der Waals surface area contributed by atoms with E-state index in [1.165, 1.54) is 0 Å². The maximum atomic E-state index is 5.87. The van der Waals surface area contributed by atoms with Crippen molar-refractivity contribution in [2.45, 2.75) is 33.4 Å². The lowest BCUT2D eigenvalue weighted by Crippen LogP contribution is -2.21. The molecule has 68 valence electrons. The van der Waals surface area contributed by atoms with Gasteiger partial charge >= 0.3 is 0 Å². The molecule has 1 N–H and O–H groups in total. The molecule has 1 aromatic heterocycles. The van der Waals surface area contributed by atoms with Crippen molar-refractivity contribution in [1.29, 1.82) is 0 Å². The van der Waals surface area contributed by atoms with E-state index in [4.69, 9.17) is 11.6 Å². The number of hydrogen-bond donors (Lipinski definition) is 1. The Balaban J connectivity index is 2.53. The molecule has 0 unspecified atom stereocenters. The van der Waals surface area contributed by atoms with E-state index in [1.807, 2.05) is 6.92 Å². The molecule has 0 fully saturated rings. The summed E-state index contributed by atoms with van der Waals surface area (Å²) < 4.78 is 0.801. The van der Waals surface area contributed by atoms with E-state index in [9.17, 15) is 0 Å². The molecule has 0 radical (unpaired) electrons. The van der Waals surface area contributed by atoms with Gasteiger partial charge in [0.1, 0.15) is 9.34 Å². The fourth-order valence-electron chi connectivity index (χ4n) is 0.798. The molecule has 1 heterocycles. The molecule has 0 aliphatic rings. The van der Waals surface area contributed by atoms with E-state index in [1.54, 1.807) is 11.3 Å². The Kier molecular flexibility index (Phi) is 3.50. The molecule has 4 heteroatoms. The minimum atomic E-state index is 0.494. The molecule has 0 aliphatic carbocycles. The summed E-state index contributed by atoms with van der Waals surface area (Å²) >= 11 is 7.42. The normalized spacial score (nSPS) is 11.1. The first-order valence-electron chi connectivity index (χ1n) is 3.94. The van der Waals surface area contributed by atoms with Crippen molar-refractivity contribution in [3.8, 4) is 0 Å². The fraction of sp³-hybridized carbons (Fsp3) is 0.625. The SMILES string of the molecule is Cc1nc(CNC(C)C)sc1Cl. The first-order chi connectivity index (χ1) is 5.59. The predicted octanol–water partition coefficient (Wildman–Crippen LogP) is 2.60. The van der Waals surface area contributed by atoms with E-state index >= 15 is 0 Å². The van der Waals surface area contributed by atoms with E-state index in [0.29, 0.717) is 6.04 Å². The van der Waals surface area contributed by atoms with Crippen LogP contribution >= 0.6 is 22.9 Å². The first-order valence-corrected chi connectivity index (χ1v) is 5.14. The second-order valence-electron chi connectivity index (χ2n) is 3.00. The molecule has 1 aromatic rings. The molecule has 1 rings (SSSR count). The van der Waals surface area contributed by atoms with Gasteiger partial charge in [-0.2, -0.15) is 0 Å². The Morgan fingerprint density at radius 1 is 1.58 bits per heavy atom. The van der Waals surface area contributed by atoms with Crippen LogP contribution in [0.3, 0.4) is 0 Å². The van der Waals surface area contributed by atoms with Crippen LogP contribution in [-0.4, -0.2) is 11.0 Å². The third kappa shape index (κ3) is 2.73. The standard InChI is InChI=1S/C8H13ClN2S/c1-5(2)10-4-7-11-6(3)8(9)12-7/h5,10H,4H2,1-3H3. The molecule has 0 atom stereocenters. The van der Waals surface area contributed by atoms with Gasteiger partial charge in [0.25, 0.3) is 0 Å². The summed E-state index contributed by atoms with van der Waals surface area (Å²) in [6.07, 6.45) is 0. The average Bonchev–Trinajstić information content (AvgIpc) is 2.28. The lowest BCUT2D eigenvalue weighted by Gasteiger charge is -2.04. The smallest absolute Gasteiger partial charge is 0.116 e. The van der Waals surface area contributed by atoms with Crippen LogP contribution in [0.5, 0.6) is 0 Å². The lowest BCUT2D eigenvalue weighted by atomic mass is 10.4. The Bertz CT molecular complexity index is 238. The molecule has 0 spiro atoms. The van der Waals surface area contributed by atoms with E-state index < -0.39 is 0 Å². The van der Waals surface area contributed by atoms with Gasteiger partial charge in [-0.15, -0.1) is 11.3 Å². The summed E-state index contributed by atoms with van der Waals surface area (Å²) in [6.45, 7) is 6.97. The summed E-state index contributed by atoms with van der Waals surface area (Å²) in [4.78, 5) is 4.31. The van der Waals surface area contributed by atoms with Crippen LogP contribution in [0.25, 0.3) is 0 Å². The number of hydrogen-bond acceptors (Lipinski definition) is 3. The Labute approximate surface area is 82.0 Å². The maximum absolute atomic E-state index is 5.87. The highest BCUT2D eigenvalue weighted by Gasteiger charge is 2.04. The van der Waals surface area contributed by atoms with Gasteiger partial charge in [0.2, 0.25) is 0 Å². The first kappa shape index (κ1) is 9.96. The van der Waals surface area contributed by atoms with Crippen LogP contribution in [0.15, 0.2) is 0 Å². The highest BCUT2D eigenvalue weighted by atomic mass is 35.5. The van der Waals surface area contributed by atoms with Gasteiger partial charge in [-0.1, -0.05) is 25.4 Å². The van der Waals surface area contributed by atoms with E-state index in [2.05, 4.69) is 24.1 Å². The Morgan fingerprint density at radius 3 is 2.67 bits per heavy atom. The number of thiazole rings is 1. The molecule has 12 heavy (non-hydrogen) atoms. The summed E-state index contributed by atoms with van der Waals surface area (Å²) in [7, 11) is 0. The van der Waals surface area contributed by atoms with Gasteiger partial charge in [-0.05, 0) is 6.92 Å². The maximum Gasteiger partial charge on any atom is 0.116 e. The van der Waals surface area contributed by atoms with Crippen LogP contribution in [0.1, 0.15) is 24.5 Å². The predicted molar refractivity (Wildman–Crippen MR) is 53.8 cm³/mol. The zero-order chi connectivity index (χ0) is 9.14. The molecule has 2 nitrogen and oxygen atoms in total. The largest absolute Gasteiger partial charge is 0.308 e. The van der Waals surface area contributed by atoms with Gasteiger partial charge < -0.3 is 5.32 Å². The second-order valence-corrected chi connectivity index (χ2v) is 4.69. The number of halogens is 1. The Morgan fingerprint density at radius 2 is 2.25 bits per heavy atom. The van der Waals surface area contributed by atoms with Crippen LogP contribution in [0.4, 0.5) is 0 Å². The van der Waals surface area contributed by atoms with Crippen molar-refractivity contribution >= 4 is 22.9 Å². The van der Waals surface area contributed by atoms with E-state index in [0.717, 1.165) is 21.6 Å². The molecule has 0 saturated carbocycles. The van der Waals surface area contributed by atoms with Crippen LogP contribution in [0, 0.1) is 6.92 Å². The quantitative estimate of drug-likeness (QED) is 0.819. The lowest BCUT2D eigenvalue weighted by molar-refractivity contribution is 0.587. The highest BCUT2D eigenvalue weighted by molar-refractivity contribution is 7.16. The number of rotatable bonds is 3. The number of aromatic nitrogens is 1. The molecule has 0 aromatic carbocycles. The Hall–Kier alpha value is -0.120.